The summed E-state index contributed by atoms with van der Waals surface area (Å²) >= 11 is 3.54. The number of benzene rings is 1. The third-order valence-electron chi connectivity index (χ3n) is 3.12. The number of halogens is 1. The van der Waals surface area contributed by atoms with E-state index in [1.165, 1.54) is 12.1 Å². The molecule has 1 aromatic rings. The first-order valence-electron chi connectivity index (χ1n) is 5.64. The van der Waals surface area contributed by atoms with Crippen LogP contribution < -0.4 is 10.6 Å². The average molecular weight is 298 g/mol. The molecule has 2 rings (SSSR count). The van der Waals surface area contributed by atoms with E-state index in [0.717, 1.165) is 29.0 Å². The SMILES string of the molecule is CC1CCN(c2ccc(/C(N)=N/O)cc2Br)C1. The monoisotopic (exact) mass is 297 g/mol. The quantitative estimate of drug-likeness (QED) is 0.381. The summed E-state index contributed by atoms with van der Waals surface area (Å²) in [6, 6.07) is 5.76. The molecule has 17 heavy (non-hydrogen) atoms. The lowest BCUT2D eigenvalue weighted by molar-refractivity contribution is 0.318. The number of nitrogens with two attached hydrogens (primary N) is 1. The number of hydrogen-bond donors (Lipinski definition) is 2. The van der Waals surface area contributed by atoms with Crippen molar-refractivity contribution >= 4 is 27.5 Å². The van der Waals surface area contributed by atoms with Crippen molar-refractivity contribution in [3.05, 3.63) is 28.2 Å². The third-order valence-corrected chi connectivity index (χ3v) is 3.75. The Hall–Kier alpha value is -1.23. The van der Waals surface area contributed by atoms with Crippen molar-refractivity contribution < 1.29 is 5.21 Å². The zero-order chi connectivity index (χ0) is 12.4. The van der Waals surface area contributed by atoms with Crippen molar-refractivity contribution in [1.29, 1.82) is 0 Å². The molecule has 1 fully saturated rings. The maximum Gasteiger partial charge on any atom is 0.170 e. The maximum atomic E-state index is 8.63. The Morgan fingerprint density at radius 3 is 2.88 bits per heavy atom. The first-order valence-corrected chi connectivity index (χ1v) is 6.43. The van der Waals surface area contributed by atoms with Gasteiger partial charge in [0.25, 0.3) is 0 Å². The van der Waals surface area contributed by atoms with Gasteiger partial charge in [0.15, 0.2) is 5.84 Å². The van der Waals surface area contributed by atoms with Gasteiger partial charge in [-0.1, -0.05) is 12.1 Å². The van der Waals surface area contributed by atoms with Crippen LogP contribution in [-0.2, 0) is 0 Å². The van der Waals surface area contributed by atoms with Crippen LogP contribution in [0.25, 0.3) is 0 Å². The van der Waals surface area contributed by atoms with Crippen LogP contribution in [0.3, 0.4) is 0 Å². The first kappa shape index (κ1) is 12.2. The molecule has 1 unspecified atom stereocenters. The molecule has 92 valence electrons. The molecule has 0 saturated carbocycles. The van der Waals surface area contributed by atoms with Gasteiger partial charge >= 0.3 is 0 Å². The van der Waals surface area contributed by atoms with Crippen LogP contribution in [0.4, 0.5) is 5.69 Å². The van der Waals surface area contributed by atoms with E-state index < -0.39 is 0 Å². The smallest absolute Gasteiger partial charge is 0.170 e. The molecule has 1 saturated heterocycles. The Kier molecular flexibility index (Phi) is 3.57. The van der Waals surface area contributed by atoms with E-state index in [4.69, 9.17) is 10.9 Å². The number of amidine groups is 1. The summed E-state index contributed by atoms with van der Waals surface area (Å²) in [5, 5.41) is 11.6. The van der Waals surface area contributed by atoms with Gasteiger partial charge in [-0.25, -0.2) is 0 Å². The fraction of sp³-hybridized carbons (Fsp3) is 0.417. The minimum Gasteiger partial charge on any atom is -0.409 e. The minimum atomic E-state index is 0.132. The van der Waals surface area contributed by atoms with Crippen molar-refractivity contribution in [2.75, 3.05) is 18.0 Å². The largest absolute Gasteiger partial charge is 0.409 e. The number of hydrogen-bond acceptors (Lipinski definition) is 3. The number of nitrogens with zero attached hydrogens (tertiary/aromatic N) is 2. The van der Waals surface area contributed by atoms with Gasteiger partial charge in [-0.2, -0.15) is 0 Å². The van der Waals surface area contributed by atoms with E-state index in [9.17, 15) is 0 Å². The summed E-state index contributed by atoms with van der Waals surface area (Å²) in [7, 11) is 0. The second-order valence-corrected chi connectivity index (χ2v) is 5.35. The molecule has 5 heteroatoms. The topological polar surface area (TPSA) is 61.8 Å². The lowest BCUT2D eigenvalue weighted by atomic mass is 10.1. The molecular formula is C12H16BrN3O. The van der Waals surface area contributed by atoms with Crippen LogP contribution >= 0.6 is 15.9 Å². The second kappa shape index (κ2) is 4.96. The highest BCUT2D eigenvalue weighted by Crippen LogP contribution is 2.31. The first-order chi connectivity index (χ1) is 8.11. The van der Waals surface area contributed by atoms with E-state index in [2.05, 4.69) is 32.9 Å². The van der Waals surface area contributed by atoms with Crippen molar-refractivity contribution in [3.8, 4) is 0 Å². The summed E-state index contributed by atoms with van der Waals surface area (Å²) < 4.78 is 0.982. The van der Waals surface area contributed by atoms with E-state index >= 15 is 0 Å². The van der Waals surface area contributed by atoms with E-state index in [-0.39, 0.29) is 5.84 Å². The standard InChI is InChI=1S/C12H16BrN3O/c1-8-4-5-16(7-8)11-3-2-9(6-10(11)13)12(14)15-17/h2-3,6,8,17H,4-5,7H2,1H3,(H2,14,15). The molecule has 0 aromatic heterocycles. The van der Waals surface area contributed by atoms with Gasteiger partial charge < -0.3 is 15.8 Å². The molecule has 4 nitrogen and oxygen atoms in total. The molecule has 1 aromatic carbocycles. The molecular weight excluding hydrogens is 282 g/mol. The van der Waals surface area contributed by atoms with Crippen LogP contribution in [0.2, 0.25) is 0 Å². The second-order valence-electron chi connectivity index (χ2n) is 4.49. The average Bonchev–Trinajstić information content (AvgIpc) is 2.74. The molecule has 0 aliphatic carbocycles. The fourth-order valence-corrected chi connectivity index (χ4v) is 2.76. The maximum absolute atomic E-state index is 8.63. The molecule has 1 aliphatic heterocycles. The van der Waals surface area contributed by atoms with Crippen LogP contribution in [-0.4, -0.2) is 24.1 Å². The molecule has 0 amide bonds. The summed E-state index contributed by atoms with van der Waals surface area (Å²) in [4.78, 5) is 2.35. The van der Waals surface area contributed by atoms with E-state index in [1.54, 1.807) is 0 Å². The van der Waals surface area contributed by atoms with Crippen molar-refractivity contribution in [2.45, 2.75) is 13.3 Å². The summed E-state index contributed by atoms with van der Waals surface area (Å²) in [6.45, 7) is 4.43. The molecule has 0 bridgehead atoms. The summed E-state index contributed by atoms with van der Waals surface area (Å²) in [6.07, 6.45) is 1.23. The highest BCUT2D eigenvalue weighted by atomic mass is 79.9. The van der Waals surface area contributed by atoms with Gasteiger partial charge in [-0.05, 0) is 46.5 Å². The van der Waals surface area contributed by atoms with Crippen molar-refractivity contribution in [2.24, 2.45) is 16.8 Å². The van der Waals surface area contributed by atoms with Gasteiger partial charge in [0, 0.05) is 23.1 Å². The van der Waals surface area contributed by atoms with Crippen LogP contribution in [0.1, 0.15) is 18.9 Å². The number of oxime groups is 1. The predicted molar refractivity (Wildman–Crippen MR) is 72.6 cm³/mol. The van der Waals surface area contributed by atoms with Crippen LogP contribution in [0, 0.1) is 5.92 Å². The highest BCUT2D eigenvalue weighted by Gasteiger charge is 2.20. The lowest BCUT2D eigenvalue weighted by Gasteiger charge is -2.20. The third kappa shape index (κ3) is 2.54. The Morgan fingerprint density at radius 2 is 2.35 bits per heavy atom. The van der Waals surface area contributed by atoms with E-state index in [0.29, 0.717) is 0 Å². The minimum absolute atomic E-state index is 0.132. The predicted octanol–water partition coefficient (Wildman–Crippen LogP) is 2.39. The van der Waals surface area contributed by atoms with Gasteiger partial charge in [0.2, 0.25) is 0 Å². The van der Waals surface area contributed by atoms with Gasteiger partial charge in [0.1, 0.15) is 0 Å². The molecule has 3 N–H and O–H groups in total. The van der Waals surface area contributed by atoms with Gasteiger partial charge in [-0.3, -0.25) is 0 Å². The zero-order valence-electron chi connectivity index (χ0n) is 9.73. The van der Waals surface area contributed by atoms with Gasteiger partial charge in [0.05, 0.1) is 5.69 Å². The molecule has 1 atom stereocenters. The van der Waals surface area contributed by atoms with Crippen LogP contribution in [0.15, 0.2) is 27.8 Å². The normalized spacial score (nSPS) is 20.9. The Labute approximate surface area is 109 Å². The molecule has 1 aliphatic rings. The summed E-state index contributed by atoms with van der Waals surface area (Å²) in [5.74, 6) is 0.873. The van der Waals surface area contributed by atoms with Crippen molar-refractivity contribution in [1.82, 2.24) is 0 Å². The molecule has 0 radical (unpaired) electrons. The Bertz CT molecular complexity index is 447. The zero-order valence-corrected chi connectivity index (χ0v) is 11.3. The Balaban J connectivity index is 2.26. The fourth-order valence-electron chi connectivity index (χ4n) is 2.13. The highest BCUT2D eigenvalue weighted by molar-refractivity contribution is 9.10. The van der Waals surface area contributed by atoms with Crippen LogP contribution in [0.5, 0.6) is 0 Å². The van der Waals surface area contributed by atoms with E-state index in [1.807, 2.05) is 18.2 Å². The van der Waals surface area contributed by atoms with Crippen molar-refractivity contribution in [3.63, 3.8) is 0 Å². The van der Waals surface area contributed by atoms with Gasteiger partial charge in [-0.15, -0.1) is 0 Å². The lowest BCUT2D eigenvalue weighted by Crippen LogP contribution is -2.20. The number of anilines is 1. The Morgan fingerprint density at radius 1 is 1.59 bits per heavy atom. The summed E-state index contributed by atoms with van der Waals surface area (Å²) in [5.41, 5.74) is 7.44. The molecule has 0 spiro atoms. The number of rotatable bonds is 2. The molecule has 1 heterocycles.